The lowest BCUT2D eigenvalue weighted by Gasteiger charge is -2.21. The van der Waals surface area contributed by atoms with Gasteiger partial charge < -0.3 is 19.2 Å². The minimum atomic E-state index is -1.10. The van der Waals surface area contributed by atoms with Crippen molar-refractivity contribution in [3.05, 3.63) is 48.2 Å². The third kappa shape index (κ3) is 3.76. The van der Waals surface area contributed by atoms with Crippen LogP contribution in [-0.2, 0) is 0 Å². The second-order valence-corrected chi connectivity index (χ2v) is 7.29. The zero-order chi connectivity index (χ0) is 22.1. The highest BCUT2D eigenvalue weighted by Gasteiger charge is 2.26. The third-order valence-corrected chi connectivity index (χ3v) is 4.94. The molecule has 0 aliphatic rings. The van der Waals surface area contributed by atoms with Crippen LogP contribution in [0.2, 0.25) is 0 Å². The number of carboxylic acid groups (broad SMARTS) is 1. The number of hydrogen-bond acceptors (Lipinski definition) is 6. The van der Waals surface area contributed by atoms with Gasteiger partial charge in [0, 0.05) is 24.7 Å². The smallest absolute Gasteiger partial charge is 0.413 e. The molecule has 3 aromatic heterocycles. The number of likely N-dealkylation sites (N-methyl/N-ethyl adjacent to an activating group) is 1. The first-order chi connectivity index (χ1) is 14.9. The highest BCUT2D eigenvalue weighted by atomic mass is 16.5. The van der Waals surface area contributed by atoms with Gasteiger partial charge in [-0.05, 0) is 50.5 Å². The van der Waals surface area contributed by atoms with E-state index < -0.39 is 6.09 Å². The topological polar surface area (TPSA) is 107 Å². The number of methoxy groups -OCH3 is 1. The molecule has 0 fully saturated rings. The minimum absolute atomic E-state index is 0.233. The number of anilines is 1. The van der Waals surface area contributed by atoms with E-state index in [1.807, 2.05) is 25.1 Å². The Labute approximate surface area is 178 Å². The van der Waals surface area contributed by atoms with Gasteiger partial charge in [-0.3, -0.25) is 9.30 Å². The van der Waals surface area contributed by atoms with Crippen molar-refractivity contribution in [1.29, 1.82) is 5.26 Å². The zero-order valence-corrected chi connectivity index (χ0v) is 17.4. The molecular formula is C22H21N5O4. The average Bonchev–Trinajstić information content (AvgIpc) is 3.33. The van der Waals surface area contributed by atoms with Crippen LogP contribution in [-0.4, -0.2) is 59.8 Å². The SMILES string of the molecule is COc1ccc2oc(-c3nc4cc(C#N)ccn4c3N(CCN(C)C)C(=O)O)cc2c1. The number of nitrogens with zero attached hydrogens (tertiary/aromatic N) is 5. The number of ether oxygens (including phenoxy) is 1. The van der Waals surface area contributed by atoms with Gasteiger partial charge in [-0.2, -0.15) is 5.26 Å². The molecule has 1 amide bonds. The molecule has 9 heteroatoms. The number of carbonyl (C=O) groups is 1. The van der Waals surface area contributed by atoms with Crippen molar-refractivity contribution in [2.45, 2.75) is 0 Å². The van der Waals surface area contributed by atoms with Crippen molar-refractivity contribution >= 4 is 28.5 Å². The number of nitriles is 1. The standard InChI is InChI=1S/C22H21N5O4/c1-25(2)8-9-27(22(28)29)21-20(24-19-10-14(13-23)6-7-26(19)21)18-12-15-11-16(30-3)4-5-17(15)31-18/h4-7,10-12H,8-9H2,1-3H3,(H,28,29). The van der Waals surface area contributed by atoms with E-state index in [0.29, 0.717) is 46.4 Å². The Morgan fingerprint density at radius 1 is 1.26 bits per heavy atom. The van der Waals surface area contributed by atoms with Crippen LogP contribution in [0.3, 0.4) is 0 Å². The third-order valence-electron chi connectivity index (χ3n) is 4.94. The molecular weight excluding hydrogens is 398 g/mol. The molecule has 0 aliphatic heterocycles. The first kappa shape index (κ1) is 20.3. The number of furan rings is 1. The van der Waals surface area contributed by atoms with E-state index in [0.717, 1.165) is 5.39 Å². The summed E-state index contributed by atoms with van der Waals surface area (Å²) in [6.45, 7) is 0.754. The number of hydrogen-bond donors (Lipinski definition) is 1. The van der Waals surface area contributed by atoms with E-state index in [-0.39, 0.29) is 6.54 Å². The molecule has 3 heterocycles. The van der Waals surface area contributed by atoms with E-state index in [1.54, 1.807) is 48.0 Å². The lowest BCUT2D eigenvalue weighted by atomic mass is 10.2. The molecule has 0 aliphatic carbocycles. The first-order valence-corrected chi connectivity index (χ1v) is 9.56. The van der Waals surface area contributed by atoms with E-state index in [1.165, 1.54) is 4.90 Å². The van der Waals surface area contributed by atoms with Crippen molar-refractivity contribution in [1.82, 2.24) is 14.3 Å². The Morgan fingerprint density at radius 2 is 2.06 bits per heavy atom. The Hall–Kier alpha value is -4.03. The Morgan fingerprint density at radius 3 is 2.74 bits per heavy atom. The minimum Gasteiger partial charge on any atom is -0.497 e. The van der Waals surface area contributed by atoms with Gasteiger partial charge in [-0.1, -0.05) is 0 Å². The number of imidazole rings is 1. The molecule has 0 unspecified atom stereocenters. The largest absolute Gasteiger partial charge is 0.497 e. The zero-order valence-electron chi connectivity index (χ0n) is 17.4. The predicted octanol–water partition coefficient (Wildman–Crippen LogP) is 3.67. The lowest BCUT2D eigenvalue weighted by molar-refractivity contribution is 0.200. The van der Waals surface area contributed by atoms with Crippen molar-refractivity contribution in [3.8, 4) is 23.3 Å². The van der Waals surface area contributed by atoms with Crippen molar-refractivity contribution in [2.24, 2.45) is 0 Å². The van der Waals surface area contributed by atoms with Gasteiger partial charge >= 0.3 is 6.09 Å². The van der Waals surface area contributed by atoms with Gasteiger partial charge in [-0.15, -0.1) is 0 Å². The Bertz CT molecular complexity index is 1310. The molecule has 9 nitrogen and oxygen atoms in total. The lowest BCUT2D eigenvalue weighted by Crippen LogP contribution is -2.36. The Kier molecular flexibility index (Phi) is 5.23. The maximum atomic E-state index is 12.2. The molecule has 31 heavy (non-hydrogen) atoms. The molecule has 0 saturated heterocycles. The van der Waals surface area contributed by atoms with Gasteiger partial charge in [0.2, 0.25) is 0 Å². The summed E-state index contributed by atoms with van der Waals surface area (Å²) in [7, 11) is 5.34. The molecule has 0 atom stereocenters. The molecule has 0 bridgehead atoms. The maximum Gasteiger partial charge on any atom is 0.413 e. The fourth-order valence-corrected chi connectivity index (χ4v) is 3.38. The van der Waals surface area contributed by atoms with E-state index in [9.17, 15) is 15.2 Å². The number of amides is 1. The molecule has 1 N–H and O–H groups in total. The molecule has 0 radical (unpaired) electrons. The van der Waals surface area contributed by atoms with Crippen LogP contribution in [0.25, 0.3) is 28.1 Å². The first-order valence-electron chi connectivity index (χ1n) is 9.56. The molecule has 0 saturated carbocycles. The highest BCUT2D eigenvalue weighted by molar-refractivity contribution is 5.93. The van der Waals surface area contributed by atoms with Crippen LogP contribution in [0, 0.1) is 11.3 Å². The molecule has 0 spiro atoms. The fourth-order valence-electron chi connectivity index (χ4n) is 3.38. The maximum absolute atomic E-state index is 12.2. The van der Waals surface area contributed by atoms with Crippen LogP contribution in [0.1, 0.15) is 5.56 Å². The van der Waals surface area contributed by atoms with E-state index in [2.05, 4.69) is 11.1 Å². The van der Waals surface area contributed by atoms with Crippen LogP contribution < -0.4 is 9.64 Å². The summed E-state index contributed by atoms with van der Waals surface area (Å²) in [6, 6.07) is 12.6. The summed E-state index contributed by atoms with van der Waals surface area (Å²) in [4.78, 5) is 20.0. The second-order valence-electron chi connectivity index (χ2n) is 7.29. The predicted molar refractivity (Wildman–Crippen MR) is 116 cm³/mol. The van der Waals surface area contributed by atoms with Gasteiger partial charge in [0.25, 0.3) is 0 Å². The molecule has 1 aromatic carbocycles. The molecule has 4 aromatic rings. The van der Waals surface area contributed by atoms with Crippen molar-refractivity contribution in [3.63, 3.8) is 0 Å². The van der Waals surface area contributed by atoms with Gasteiger partial charge in [0.15, 0.2) is 11.6 Å². The van der Waals surface area contributed by atoms with Crippen LogP contribution in [0.4, 0.5) is 10.6 Å². The van der Waals surface area contributed by atoms with Gasteiger partial charge in [-0.25, -0.2) is 9.78 Å². The van der Waals surface area contributed by atoms with E-state index >= 15 is 0 Å². The summed E-state index contributed by atoms with van der Waals surface area (Å²) in [5.41, 5.74) is 1.90. The average molecular weight is 419 g/mol. The number of rotatable bonds is 6. The number of benzene rings is 1. The van der Waals surface area contributed by atoms with Crippen LogP contribution in [0.5, 0.6) is 5.75 Å². The monoisotopic (exact) mass is 419 g/mol. The summed E-state index contributed by atoms with van der Waals surface area (Å²) in [6.07, 6.45) is 0.545. The van der Waals surface area contributed by atoms with Gasteiger partial charge in [0.1, 0.15) is 22.7 Å². The summed E-state index contributed by atoms with van der Waals surface area (Å²) in [5, 5.41) is 20.0. The van der Waals surface area contributed by atoms with Crippen LogP contribution in [0.15, 0.2) is 47.0 Å². The summed E-state index contributed by atoms with van der Waals surface area (Å²) < 4.78 is 12.9. The Balaban J connectivity index is 1.94. The molecule has 158 valence electrons. The number of pyridine rings is 1. The van der Waals surface area contributed by atoms with E-state index in [4.69, 9.17) is 9.15 Å². The second kappa shape index (κ2) is 8.01. The van der Waals surface area contributed by atoms with Crippen molar-refractivity contribution in [2.75, 3.05) is 39.2 Å². The fraction of sp³-hybridized carbons (Fsp3) is 0.227. The number of fused-ring (bicyclic) bond motifs is 2. The van der Waals surface area contributed by atoms with Crippen molar-refractivity contribution < 1.29 is 19.1 Å². The van der Waals surface area contributed by atoms with Gasteiger partial charge in [0.05, 0.1) is 18.7 Å². The van der Waals surface area contributed by atoms with Crippen LogP contribution >= 0.6 is 0 Å². The quantitative estimate of drug-likeness (QED) is 0.508. The summed E-state index contributed by atoms with van der Waals surface area (Å²) >= 11 is 0. The normalized spacial score (nSPS) is 11.2. The molecule has 4 rings (SSSR count). The summed E-state index contributed by atoms with van der Waals surface area (Å²) in [5.74, 6) is 1.48. The highest BCUT2D eigenvalue weighted by Crippen LogP contribution is 2.36. The number of aromatic nitrogens is 2.